The van der Waals surface area contributed by atoms with Crippen LogP contribution in [0.5, 0.6) is 0 Å². The van der Waals surface area contributed by atoms with Crippen molar-refractivity contribution in [3.8, 4) is 0 Å². The summed E-state index contributed by atoms with van der Waals surface area (Å²) in [7, 11) is 0. The summed E-state index contributed by atoms with van der Waals surface area (Å²) in [6, 6.07) is 17.2. The van der Waals surface area contributed by atoms with Gasteiger partial charge in [-0.3, -0.25) is 4.79 Å². The predicted molar refractivity (Wildman–Crippen MR) is 82.3 cm³/mol. The second-order valence-electron chi connectivity index (χ2n) is 5.13. The highest BCUT2D eigenvalue weighted by atomic mass is 16.2. The maximum absolute atomic E-state index is 12.6. The number of carbonyl (C=O) groups is 1. The Morgan fingerprint density at radius 3 is 2.20 bits per heavy atom. The van der Waals surface area contributed by atoms with Gasteiger partial charge < -0.3 is 10.6 Å². The van der Waals surface area contributed by atoms with Gasteiger partial charge in [-0.1, -0.05) is 30.3 Å². The van der Waals surface area contributed by atoms with Gasteiger partial charge in [0.2, 0.25) is 0 Å². The number of nitrogen functional groups attached to an aromatic ring is 1. The van der Waals surface area contributed by atoms with E-state index in [4.69, 9.17) is 5.73 Å². The van der Waals surface area contributed by atoms with E-state index >= 15 is 0 Å². The normalized spacial score (nSPS) is 10.6. The highest BCUT2D eigenvalue weighted by Crippen LogP contribution is 2.14. The van der Waals surface area contributed by atoms with Gasteiger partial charge in [0.25, 0.3) is 5.91 Å². The van der Waals surface area contributed by atoms with E-state index in [2.05, 4.69) is 0 Å². The smallest absolute Gasteiger partial charge is 0.254 e. The predicted octanol–water partition coefficient (Wildman–Crippen LogP) is 3.32. The number of anilines is 1. The van der Waals surface area contributed by atoms with Crippen LogP contribution in [0.1, 0.15) is 29.8 Å². The van der Waals surface area contributed by atoms with Crippen LogP contribution in [0.2, 0.25) is 0 Å². The third-order valence-electron chi connectivity index (χ3n) is 3.24. The Bertz CT molecular complexity index is 561. The van der Waals surface area contributed by atoms with Crippen molar-refractivity contribution in [3.63, 3.8) is 0 Å². The van der Waals surface area contributed by atoms with E-state index in [1.165, 1.54) is 0 Å². The van der Waals surface area contributed by atoms with Crippen LogP contribution < -0.4 is 5.73 Å². The summed E-state index contributed by atoms with van der Waals surface area (Å²) < 4.78 is 0. The van der Waals surface area contributed by atoms with E-state index in [-0.39, 0.29) is 11.9 Å². The second kappa shape index (κ2) is 6.24. The lowest BCUT2D eigenvalue weighted by Gasteiger charge is -2.27. The van der Waals surface area contributed by atoms with Gasteiger partial charge in [-0.2, -0.15) is 0 Å². The van der Waals surface area contributed by atoms with Crippen molar-refractivity contribution < 1.29 is 4.79 Å². The summed E-state index contributed by atoms with van der Waals surface area (Å²) in [6.45, 7) is 4.64. The Hall–Kier alpha value is -2.29. The molecule has 0 saturated carbocycles. The molecule has 1 amide bonds. The maximum atomic E-state index is 12.6. The first-order chi connectivity index (χ1) is 9.58. The number of hydrogen-bond donors (Lipinski definition) is 1. The van der Waals surface area contributed by atoms with Crippen LogP contribution in [-0.4, -0.2) is 16.8 Å². The molecule has 3 nitrogen and oxygen atoms in total. The zero-order chi connectivity index (χ0) is 14.5. The lowest BCUT2D eigenvalue weighted by atomic mass is 10.1. The molecule has 0 aliphatic heterocycles. The van der Waals surface area contributed by atoms with Gasteiger partial charge in [-0.05, 0) is 43.7 Å². The van der Waals surface area contributed by atoms with Crippen molar-refractivity contribution in [2.45, 2.75) is 26.4 Å². The average molecular weight is 268 g/mol. The van der Waals surface area contributed by atoms with Crippen LogP contribution in [0.4, 0.5) is 5.69 Å². The molecule has 0 fully saturated rings. The molecule has 0 atom stereocenters. The SMILES string of the molecule is CC(C)N(Cc1ccc(N)cc1)C(=O)c1ccccc1. The van der Waals surface area contributed by atoms with Crippen molar-refractivity contribution >= 4 is 11.6 Å². The van der Waals surface area contributed by atoms with Gasteiger partial charge in [-0.25, -0.2) is 0 Å². The third kappa shape index (κ3) is 3.38. The molecule has 0 radical (unpaired) electrons. The van der Waals surface area contributed by atoms with Gasteiger partial charge in [0.05, 0.1) is 0 Å². The van der Waals surface area contributed by atoms with E-state index in [9.17, 15) is 4.79 Å². The molecule has 0 unspecified atom stereocenters. The zero-order valence-electron chi connectivity index (χ0n) is 11.9. The Morgan fingerprint density at radius 2 is 1.65 bits per heavy atom. The molecule has 0 saturated heterocycles. The van der Waals surface area contributed by atoms with Crippen LogP contribution in [0.25, 0.3) is 0 Å². The molecule has 2 aromatic rings. The number of nitrogens with zero attached hydrogens (tertiary/aromatic N) is 1. The van der Waals surface area contributed by atoms with E-state index in [1.54, 1.807) is 0 Å². The van der Waals surface area contributed by atoms with Gasteiger partial charge in [0, 0.05) is 23.8 Å². The number of carbonyl (C=O) groups excluding carboxylic acids is 1. The Kier molecular flexibility index (Phi) is 4.41. The topological polar surface area (TPSA) is 46.3 Å². The quantitative estimate of drug-likeness (QED) is 0.865. The molecule has 0 aliphatic rings. The average Bonchev–Trinajstić information content (AvgIpc) is 2.46. The Morgan fingerprint density at radius 1 is 1.05 bits per heavy atom. The van der Waals surface area contributed by atoms with Gasteiger partial charge in [-0.15, -0.1) is 0 Å². The molecule has 2 rings (SSSR count). The minimum Gasteiger partial charge on any atom is -0.399 e. The summed E-state index contributed by atoms with van der Waals surface area (Å²) in [6.07, 6.45) is 0. The van der Waals surface area contributed by atoms with E-state index in [0.29, 0.717) is 6.54 Å². The summed E-state index contributed by atoms with van der Waals surface area (Å²) in [5.41, 5.74) is 8.22. The van der Waals surface area contributed by atoms with Crippen LogP contribution in [0.15, 0.2) is 54.6 Å². The number of rotatable bonds is 4. The van der Waals surface area contributed by atoms with Crippen molar-refractivity contribution in [2.24, 2.45) is 0 Å². The molecule has 2 N–H and O–H groups in total. The fourth-order valence-electron chi connectivity index (χ4n) is 2.06. The van der Waals surface area contributed by atoms with E-state index < -0.39 is 0 Å². The van der Waals surface area contributed by atoms with Crippen LogP contribution in [0, 0.1) is 0 Å². The van der Waals surface area contributed by atoms with Gasteiger partial charge in [0.15, 0.2) is 0 Å². The minimum atomic E-state index is 0.0532. The highest BCUT2D eigenvalue weighted by Gasteiger charge is 2.18. The summed E-state index contributed by atoms with van der Waals surface area (Å²) in [5.74, 6) is 0.0532. The minimum absolute atomic E-state index is 0.0532. The standard InChI is InChI=1S/C17H20N2O/c1-13(2)19(12-14-8-10-16(18)11-9-14)17(20)15-6-4-3-5-7-15/h3-11,13H,12,18H2,1-2H3. The third-order valence-corrected chi connectivity index (χ3v) is 3.24. The molecule has 0 aromatic heterocycles. The van der Waals surface area contributed by atoms with E-state index in [0.717, 1.165) is 16.8 Å². The van der Waals surface area contributed by atoms with Crippen LogP contribution in [0.3, 0.4) is 0 Å². The fourth-order valence-corrected chi connectivity index (χ4v) is 2.06. The lowest BCUT2D eigenvalue weighted by Crippen LogP contribution is -2.36. The fraction of sp³-hybridized carbons (Fsp3) is 0.235. The first kappa shape index (κ1) is 14.1. The molecular weight excluding hydrogens is 248 g/mol. The first-order valence-corrected chi connectivity index (χ1v) is 6.78. The molecule has 0 bridgehead atoms. The Balaban J connectivity index is 2.19. The molecule has 20 heavy (non-hydrogen) atoms. The molecule has 0 aliphatic carbocycles. The van der Waals surface area contributed by atoms with Crippen molar-refractivity contribution in [3.05, 3.63) is 65.7 Å². The van der Waals surface area contributed by atoms with Crippen molar-refractivity contribution in [1.82, 2.24) is 4.90 Å². The second-order valence-corrected chi connectivity index (χ2v) is 5.13. The van der Waals surface area contributed by atoms with Crippen LogP contribution in [-0.2, 0) is 6.54 Å². The summed E-state index contributed by atoms with van der Waals surface area (Å²) >= 11 is 0. The number of amides is 1. The largest absolute Gasteiger partial charge is 0.399 e. The monoisotopic (exact) mass is 268 g/mol. The number of benzene rings is 2. The Labute approximate surface area is 120 Å². The molecule has 2 aromatic carbocycles. The van der Waals surface area contributed by atoms with Crippen molar-refractivity contribution in [1.29, 1.82) is 0 Å². The van der Waals surface area contributed by atoms with E-state index in [1.807, 2.05) is 73.3 Å². The lowest BCUT2D eigenvalue weighted by molar-refractivity contribution is 0.0690. The zero-order valence-corrected chi connectivity index (χ0v) is 11.9. The summed E-state index contributed by atoms with van der Waals surface area (Å²) in [5, 5.41) is 0. The van der Waals surface area contributed by atoms with Gasteiger partial charge >= 0.3 is 0 Å². The highest BCUT2D eigenvalue weighted by molar-refractivity contribution is 5.94. The first-order valence-electron chi connectivity index (χ1n) is 6.78. The van der Waals surface area contributed by atoms with Gasteiger partial charge in [0.1, 0.15) is 0 Å². The number of nitrogens with two attached hydrogens (primary N) is 1. The number of hydrogen-bond acceptors (Lipinski definition) is 2. The summed E-state index contributed by atoms with van der Waals surface area (Å²) in [4.78, 5) is 14.4. The molecule has 3 heteroatoms. The molecule has 104 valence electrons. The molecule has 0 heterocycles. The maximum Gasteiger partial charge on any atom is 0.254 e. The van der Waals surface area contributed by atoms with Crippen LogP contribution >= 0.6 is 0 Å². The van der Waals surface area contributed by atoms with Crippen molar-refractivity contribution in [2.75, 3.05) is 5.73 Å². The molecular formula is C17H20N2O. The molecule has 0 spiro atoms.